The first kappa shape index (κ1) is 13.2. The highest BCUT2D eigenvalue weighted by atomic mass is 16.5. The van der Waals surface area contributed by atoms with Crippen molar-refractivity contribution in [1.82, 2.24) is 0 Å². The Morgan fingerprint density at radius 1 is 1.10 bits per heavy atom. The van der Waals surface area contributed by atoms with Crippen LogP contribution in [0.1, 0.15) is 28.7 Å². The van der Waals surface area contributed by atoms with Gasteiger partial charge in [0, 0.05) is 12.0 Å². The smallest absolute Gasteiger partial charge is 0.124 e. The highest BCUT2D eigenvalue weighted by Gasteiger charge is 2.33. The normalized spacial score (nSPS) is 21.1. The zero-order chi connectivity index (χ0) is 14.2. The molecule has 3 rings (SSSR count). The fraction of sp³-hybridized carbons (Fsp3) is 0.333. The average Bonchev–Trinajstić information content (AvgIpc) is 2.43. The molecule has 104 valence electrons. The largest absolute Gasteiger partial charge is 0.493 e. The van der Waals surface area contributed by atoms with Crippen molar-refractivity contribution < 1.29 is 4.74 Å². The summed E-state index contributed by atoms with van der Waals surface area (Å²) in [4.78, 5) is 0. The molecule has 0 spiro atoms. The number of ether oxygens (including phenoxy) is 1. The second-order valence-electron chi connectivity index (χ2n) is 5.85. The van der Waals surface area contributed by atoms with Gasteiger partial charge in [0.1, 0.15) is 5.75 Å². The Kier molecular flexibility index (Phi) is 3.27. The molecule has 0 aromatic heterocycles. The Morgan fingerprint density at radius 2 is 1.90 bits per heavy atom. The molecule has 2 N–H and O–H groups in total. The summed E-state index contributed by atoms with van der Waals surface area (Å²) in [5.41, 5.74) is 11.5. The molecular weight excluding hydrogens is 246 g/mol. The molecule has 0 saturated carbocycles. The van der Waals surface area contributed by atoms with E-state index >= 15 is 0 Å². The molecule has 20 heavy (non-hydrogen) atoms. The van der Waals surface area contributed by atoms with Gasteiger partial charge < -0.3 is 10.5 Å². The lowest BCUT2D eigenvalue weighted by Gasteiger charge is -2.35. The Morgan fingerprint density at radius 3 is 2.70 bits per heavy atom. The van der Waals surface area contributed by atoms with Crippen molar-refractivity contribution in [3.63, 3.8) is 0 Å². The number of rotatable bonds is 2. The molecule has 1 unspecified atom stereocenters. The second kappa shape index (κ2) is 4.95. The molecule has 0 fully saturated rings. The third-order valence-electron chi connectivity index (χ3n) is 4.32. The van der Waals surface area contributed by atoms with E-state index in [0.717, 1.165) is 24.2 Å². The number of hydrogen-bond donors (Lipinski definition) is 1. The molecule has 1 aliphatic rings. The molecular formula is C18H21NO. The lowest BCUT2D eigenvalue weighted by Crippen LogP contribution is -2.43. The summed E-state index contributed by atoms with van der Waals surface area (Å²) in [7, 11) is 0. The lowest BCUT2D eigenvalue weighted by atomic mass is 9.80. The highest BCUT2D eigenvalue weighted by molar-refractivity contribution is 5.42. The van der Waals surface area contributed by atoms with Crippen LogP contribution in [0.5, 0.6) is 5.75 Å². The van der Waals surface area contributed by atoms with Gasteiger partial charge in [-0.3, -0.25) is 0 Å². The van der Waals surface area contributed by atoms with E-state index in [1.807, 2.05) is 18.2 Å². The van der Waals surface area contributed by atoms with Gasteiger partial charge in [0.25, 0.3) is 0 Å². The minimum absolute atomic E-state index is 0.323. The van der Waals surface area contributed by atoms with E-state index in [0.29, 0.717) is 6.61 Å². The lowest BCUT2D eigenvalue weighted by molar-refractivity contribution is 0.215. The fourth-order valence-electron chi connectivity index (χ4n) is 2.94. The molecule has 0 radical (unpaired) electrons. The molecule has 2 aromatic rings. The summed E-state index contributed by atoms with van der Waals surface area (Å²) < 4.78 is 5.72. The minimum atomic E-state index is -0.323. The predicted molar refractivity (Wildman–Crippen MR) is 82.0 cm³/mol. The monoisotopic (exact) mass is 267 g/mol. The summed E-state index contributed by atoms with van der Waals surface area (Å²) in [6.07, 6.45) is 1.71. The standard InChI is InChI=1S/C18H21NO/c1-13-7-8-15(11-14(13)2)12-18(19)9-10-20-17-6-4-3-5-16(17)18/h3-8,11H,9-10,12,19H2,1-2H3. The molecule has 0 saturated heterocycles. The van der Waals surface area contributed by atoms with E-state index < -0.39 is 0 Å². The van der Waals surface area contributed by atoms with E-state index in [1.54, 1.807) is 0 Å². The molecule has 0 aliphatic carbocycles. The van der Waals surface area contributed by atoms with Gasteiger partial charge in [-0.15, -0.1) is 0 Å². The van der Waals surface area contributed by atoms with E-state index in [-0.39, 0.29) is 5.54 Å². The first-order valence-corrected chi connectivity index (χ1v) is 7.16. The third kappa shape index (κ3) is 2.32. The Bertz CT molecular complexity index is 635. The fourth-order valence-corrected chi connectivity index (χ4v) is 2.94. The van der Waals surface area contributed by atoms with Crippen LogP contribution in [0.3, 0.4) is 0 Å². The SMILES string of the molecule is Cc1ccc(CC2(N)CCOc3ccccc32)cc1C. The van der Waals surface area contributed by atoms with E-state index in [1.165, 1.54) is 16.7 Å². The first-order chi connectivity index (χ1) is 9.58. The maximum Gasteiger partial charge on any atom is 0.124 e. The summed E-state index contributed by atoms with van der Waals surface area (Å²) >= 11 is 0. The molecule has 2 nitrogen and oxygen atoms in total. The van der Waals surface area contributed by atoms with Gasteiger partial charge in [-0.1, -0.05) is 36.4 Å². The van der Waals surface area contributed by atoms with Crippen LogP contribution in [-0.2, 0) is 12.0 Å². The van der Waals surface area contributed by atoms with Crippen molar-refractivity contribution in [1.29, 1.82) is 0 Å². The number of fused-ring (bicyclic) bond motifs is 1. The first-order valence-electron chi connectivity index (χ1n) is 7.16. The van der Waals surface area contributed by atoms with Crippen molar-refractivity contribution >= 4 is 0 Å². The summed E-state index contributed by atoms with van der Waals surface area (Å²) in [6.45, 7) is 4.99. The van der Waals surface area contributed by atoms with Gasteiger partial charge in [-0.25, -0.2) is 0 Å². The maximum absolute atomic E-state index is 6.71. The number of nitrogens with two attached hydrogens (primary N) is 1. The summed E-state index contributed by atoms with van der Waals surface area (Å²) in [5, 5.41) is 0. The van der Waals surface area contributed by atoms with Crippen molar-refractivity contribution in [3.8, 4) is 5.75 Å². The maximum atomic E-state index is 6.71. The van der Waals surface area contributed by atoms with Gasteiger partial charge in [0.2, 0.25) is 0 Å². The molecule has 0 amide bonds. The second-order valence-corrected chi connectivity index (χ2v) is 5.85. The van der Waals surface area contributed by atoms with Crippen LogP contribution >= 0.6 is 0 Å². The number of hydrogen-bond acceptors (Lipinski definition) is 2. The van der Waals surface area contributed by atoms with Crippen LogP contribution in [-0.4, -0.2) is 6.61 Å². The van der Waals surface area contributed by atoms with Crippen LogP contribution in [0.25, 0.3) is 0 Å². The highest BCUT2D eigenvalue weighted by Crippen LogP contribution is 2.37. The number of benzene rings is 2. The van der Waals surface area contributed by atoms with Crippen LogP contribution < -0.4 is 10.5 Å². The summed E-state index contributed by atoms with van der Waals surface area (Å²) in [6, 6.07) is 14.8. The van der Waals surface area contributed by atoms with Gasteiger partial charge in [-0.05, 0) is 43.0 Å². The quantitative estimate of drug-likeness (QED) is 0.904. The van der Waals surface area contributed by atoms with Crippen LogP contribution in [0.4, 0.5) is 0 Å². The number of para-hydroxylation sites is 1. The molecule has 2 aromatic carbocycles. The Labute approximate surface area is 120 Å². The van der Waals surface area contributed by atoms with E-state index in [2.05, 4.69) is 38.1 Å². The van der Waals surface area contributed by atoms with Gasteiger partial charge in [0.15, 0.2) is 0 Å². The molecule has 1 atom stereocenters. The molecule has 1 aliphatic heterocycles. The van der Waals surface area contributed by atoms with Gasteiger partial charge in [0.05, 0.1) is 12.1 Å². The minimum Gasteiger partial charge on any atom is -0.493 e. The topological polar surface area (TPSA) is 35.2 Å². The van der Waals surface area contributed by atoms with Crippen molar-refractivity contribution in [2.45, 2.75) is 32.2 Å². The Balaban J connectivity index is 1.95. The van der Waals surface area contributed by atoms with Crippen LogP contribution in [0, 0.1) is 13.8 Å². The predicted octanol–water partition coefficient (Wildman–Crippen LogP) is 3.48. The average molecular weight is 267 g/mol. The van der Waals surface area contributed by atoms with Crippen LogP contribution in [0.2, 0.25) is 0 Å². The molecule has 2 heteroatoms. The van der Waals surface area contributed by atoms with Crippen molar-refractivity contribution in [3.05, 3.63) is 64.7 Å². The molecule has 1 heterocycles. The van der Waals surface area contributed by atoms with E-state index in [4.69, 9.17) is 10.5 Å². The van der Waals surface area contributed by atoms with E-state index in [9.17, 15) is 0 Å². The Hall–Kier alpha value is -1.80. The third-order valence-corrected chi connectivity index (χ3v) is 4.32. The van der Waals surface area contributed by atoms with Crippen LogP contribution in [0.15, 0.2) is 42.5 Å². The van der Waals surface area contributed by atoms with Gasteiger partial charge in [-0.2, -0.15) is 0 Å². The van der Waals surface area contributed by atoms with Crippen molar-refractivity contribution in [2.24, 2.45) is 5.73 Å². The van der Waals surface area contributed by atoms with Crippen molar-refractivity contribution in [2.75, 3.05) is 6.61 Å². The summed E-state index contributed by atoms with van der Waals surface area (Å²) in [5.74, 6) is 0.935. The van der Waals surface area contributed by atoms with Gasteiger partial charge >= 0.3 is 0 Å². The zero-order valence-corrected chi connectivity index (χ0v) is 12.1. The zero-order valence-electron chi connectivity index (χ0n) is 12.1. The number of aryl methyl sites for hydroxylation is 2. The molecule has 0 bridgehead atoms.